The molecule has 28 heavy (non-hydrogen) atoms. The molecule has 0 bridgehead atoms. The Balaban J connectivity index is 1.51. The summed E-state index contributed by atoms with van der Waals surface area (Å²) in [5, 5.41) is 0. The van der Waals surface area contributed by atoms with Crippen molar-refractivity contribution >= 4 is 5.71 Å². The van der Waals surface area contributed by atoms with E-state index >= 15 is 0 Å². The Labute approximate surface area is 174 Å². The first-order valence-electron chi connectivity index (χ1n) is 12.2. The van der Waals surface area contributed by atoms with Gasteiger partial charge in [0.1, 0.15) is 0 Å². The Hall–Kier alpha value is -1.11. The summed E-state index contributed by atoms with van der Waals surface area (Å²) in [4.78, 5) is 4.69. The molecule has 0 spiro atoms. The monoisotopic (exact) mass is 381 g/mol. The van der Waals surface area contributed by atoms with Crippen molar-refractivity contribution in [2.75, 3.05) is 0 Å². The van der Waals surface area contributed by atoms with E-state index in [1.807, 2.05) is 0 Å². The van der Waals surface area contributed by atoms with Crippen LogP contribution in [-0.4, -0.2) is 5.71 Å². The molecule has 2 saturated carbocycles. The lowest BCUT2D eigenvalue weighted by molar-refractivity contribution is 0.120. The first kappa shape index (κ1) is 21.6. The minimum absolute atomic E-state index is 0.602. The number of fused-ring (bicyclic) bond motifs is 1. The van der Waals surface area contributed by atoms with Crippen molar-refractivity contribution in [1.82, 2.24) is 0 Å². The van der Waals surface area contributed by atoms with Crippen molar-refractivity contribution in [2.45, 2.75) is 111 Å². The second kappa shape index (κ2) is 10.1. The van der Waals surface area contributed by atoms with E-state index in [-0.39, 0.29) is 0 Å². The average molecular weight is 382 g/mol. The van der Waals surface area contributed by atoms with E-state index in [1.165, 1.54) is 94.8 Å². The summed E-state index contributed by atoms with van der Waals surface area (Å²) in [7, 11) is 0. The molecule has 3 aliphatic rings. The molecule has 0 aromatic carbocycles. The summed E-state index contributed by atoms with van der Waals surface area (Å²) >= 11 is 0. The van der Waals surface area contributed by atoms with E-state index in [0.717, 1.165) is 5.92 Å². The molecule has 3 rings (SSSR count). The number of unbranched alkanes of at least 4 members (excludes halogenated alkanes) is 2. The second-order valence-corrected chi connectivity index (χ2v) is 9.87. The number of rotatable bonds is 8. The number of aliphatic imine (C=N–C) groups is 1. The maximum Gasteiger partial charge on any atom is 0.0444 e. The molecule has 0 N–H and O–H groups in total. The highest BCUT2D eigenvalue weighted by Crippen LogP contribution is 2.48. The normalized spacial score (nSPS) is 31.0. The van der Waals surface area contributed by atoms with E-state index in [1.54, 1.807) is 11.1 Å². The van der Waals surface area contributed by atoms with Crippen LogP contribution >= 0.6 is 0 Å². The minimum Gasteiger partial charge on any atom is -0.261 e. The molecule has 0 aromatic rings. The van der Waals surface area contributed by atoms with Gasteiger partial charge in [0.15, 0.2) is 0 Å². The highest BCUT2D eigenvalue weighted by molar-refractivity contribution is 6.02. The fourth-order valence-electron chi connectivity index (χ4n) is 5.71. The van der Waals surface area contributed by atoms with E-state index in [0.29, 0.717) is 11.3 Å². The number of nitrogens with zero attached hydrogens (tertiary/aromatic N) is 1. The lowest BCUT2D eigenvalue weighted by Crippen LogP contribution is -2.28. The van der Waals surface area contributed by atoms with Gasteiger partial charge in [0, 0.05) is 17.8 Å². The van der Waals surface area contributed by atoms with E-state index < -0.39 is 0 Å². The van der Waals surface area contributed by atoms with Crippen LogP contribution in [0.2, 0.25) is 0 Å². The van der Waals surface area contributed by atoms with Crippen LogP contribution in [0.1, 0.15) is 111 Å². The standard InChI is InChI=1S/C27H43N/c1-5-14-24-21(3)28-20-22-19-26(22)25(24)17-12-9-11-16-23-15-10-7-8-13-18-27(23,4)6-2/h5,14,20,23,26H,6-13,15-19H2,1-4H3/b14-5-/t23-,26?,27-/m0/s1. The van der Waals surface area contributed by atoms with E-state index in [4.69, 9.17) is 0 Å². The quantitative estimate of drug-likeness (QED) is 0.373. The maximum atomic E-state index is 4.69. The smallest absolute Gasteiger partial charge is 0.0444 e. The largest absolute Gasteiger partial charge is 0.261 e. The molecule has 2 aliphatic carbocycles. The van der Waals surface area contributed by atoms with Crippen LogP contribution in [0.4, 0.5) is 0 Å². The molecule has 1 nitrogen and oxygen atoms in total. The Morgan fingerprint density at radius 3 is 2.75 bits per heavy atom. The molecule has 0 radical (unpaired) electrons. The summed E-state index contributed by atoms with van der Waals surface area (Å²) in [6.45, 7) is 9.33. The fraction of sp³-hybridized carbons (Fsp3) is 0.741. The minimum atomic E-state index is 0.602. The molecular formula is C27H43N. The van der Waals surface area contributed by atoms with Gasteiger partial charge in [-0.25, -0.2) is 0 Å². The predicted molar refractivity (Wildman–Crippen MR) is 124 cm³/mol. The maximum absolute atomic E-state index is 4.69. The van der Waals surface area contributed by atoms with E-state index in [2.05, 4.69) is 51.0 Å². The Bertz CT molecular complexity index is 647. The van der Waals surface area contributed by atoms with Crippen molar-refractivity contribution in [1.29, 1.82) is 0 Å². The van der Waals surface area contributed by atoms with Gasteiger partial charge in [0.25, 0.3) is 0 Å². The summed E-state index contributed by atoms with van der Waals surface area (Å²) in [6, 6.07) is 0. The van der Waals surface area contributed by atoms with Crippen molar-refractivity contribution in [2.24, 2.45) is 22.2 Å². The molecule has 156 valence electrons. The van der Waals surface area contributed by atoms with Gasteiger partial charge in [-0.05, 0) is 74.9 Å². The summed E-state index contributed by atoms with van der Waals surface area (Å²) in [6.07, 6.45) is 24.9. The zero-order valence-electron chi connectivity index (χ0n) is 19.0. The first-order valence-corrected chi connectivity index (χ1v) is 12.2. The van der Waals surface area contributed by atoms with E-state index in [9.17, 15) is 0 Å². The molecule has 2 fully saturated rings. The summed E-state index contributed by atoms with van der Waals surface area (Å²) in [5.41, 5.74) is 6.47. The predicted octanol–water partition coefficient (Wildman–Crippen LogP) is 8.57. The molecule has 0 amide bonds. The van der Waals surface area contributed by atoms with Crippen molar-refractivity contribution < 1.29 is 0 Å². The van der Waals surface area contributed by atoms with Crippen LogP contribution in [0, 0.1) is 17.3 Å². The third kappa shape index (κ3) is 5.28. The number of allylic oxidation sites excluding steroid dienone is 5. The number of hydrogen-bond donors (Lipinski definition) is 0. The third-order valence-electron chi connectivity index (χ3n) is 7.98. The summed E-state index contributed by atoms with van der Waals surface area (Å²) < 4.78 is 0. The first-order chi connectivity index (χ1) is 13.6. The van der Waals surface area contributed by atoms with Gasteiger partial charge in [0.05, 0.1) is 0 Å². The Morgan fingerprint density at radius 1 is 1.14 bits per heavy atom. The van der Waals surface area contributed by atoms with Gasteiger partial charge in [0.2, 0.25) is 0 Å². The molecule has 3 atom stereocenters. The third-order valence-corrected chi connectivity index (χ3v) is 7.98. The lowest BCUT2D eigenvalue weighted by Gasteiger charge is -2.39. The molecule has 0 aromatic heterocycles. The average Bonchev–Trinajstić information content (AvgIpc) is 3.46. The topological polar surface area (TPSA) is 12.4 Å². The van der Waals surface area contributed by atoms with Crippen molar-refractivity contribution in [3.8, 4) is 0 Å². The van der Waals surface area contributed by atoms with Gasteiger partial charge >= 0.3 is 0 Å². The molecular weight excluding hydrogens is 338 g/mol. The molecule has 1 heterocycles. The zero-order chi connectivity index (χ0) is 20.0. The van der Waals surface area contributed by atoms with Crippen LogP contribution < -0.4 is 0 Å². The van der Waals surface area contributed by atoms with Gasteiger partial charge in [-0.15, -0.1) is 0 Å². The second-order valence-electron chi connectivity index (χ2n) is 9.87. The van der Waals surface area contributed by atoms with Crippen molar-refractivity contribution in [3.63, 3.8) is 0 Å². The Kier molecular flexibility index (Phi) is 7.77. The molecule has 1 unspecified atom stereocenters. The SMILES string of the molecule is C/C=C\C1=C(CCCCC[C@@H]2CCCCCC[C@]2(C)CC)C2CC2=CN=C1C. The van der Waals surface area contributed by atoms with Crippen LogP contribution in [-0.2, 0) is 0 Å². The lowest BCUT2D eigenvalue weighted by atomic mass is 9.66. The van der Waals surface area contributed by atoms with Crippen molar-refractivity contribution in [3.05, 3.63) is 35.1 Å². The van der Waals surface area contributed by atoms with Gasteiger partial charge < -0.3 is 0 Å². The van der Waals surface area contributed by atoms with Gasteiger partial charge in [-0.2, -0.15) is 0 Å². The molecule has 1 aliphatic heterocycles. The Morgan fingerprint density at radius 2 is 1.96 bits per heavy atom. The zero-order valence-corrected chi connectivity index (χ0v) is 19.0. The van der Waals surface area contributed by atoms with Crippen LogP contribution in [0.5, 0.6) is 0 Å². The summed E-state index contributed by atoms with van der Waals surface area (Å²) in [5.74, 6) is 1.67. The highest BCUT2D eigenvalue weighted by atomic mass is 14.7. The van der Waals surface area contributed by atoms with Crippen LogP contribution in [0.3, 0.4) is 0 Å². The highest BCUT2D eigenvalue weighted by Gasteiger charge is 2.36. The van der Waals surface area contributed by atoms with Crippen LogP contribution in [0.25, 0.3) is 0 Å². The van der Waals surface area contributed by atoms with Gasteiger partial charge in [-0.3, -0.25) is 4.99 Å². The fourth-order valence-corrected chi connectivity index (χ4v) is 5.71. The van der Waals surface area contributed by atoms with Gasteiger partial charge in [-0.1, -0.05) is 76.5 Å². The number of hydrogen-bond acceptors (Lipinski definition) is 1. The molecule has 0 saturated heterocycles. The van der Waals surface area contributed by atoms with Crippen LogP contribution in [0.15, 0.2) is 40.1 Å². The molecule has 1 heteroatoms.